The number of nitrogens with one attached hydrogen (secondary N) is 1. The highest BCUT2D eigenvalue weighted by Crippen LogP contribution is 2.04. The van der Waals surface area contributed by atoms with E-state index in [1.165, 1.54) is 0 Å². The number of benzene rings is 1. The van der Waals surface area contributed by atoms with E-state index in [1.54, 1.807) is 0 Å². The van der Waals surface area contributed by atoms with Crippen molar-refractivity contribution in [3.8, 4) is 0 Å². The molecule has 0 spiro atoms. The van der Waals surface area contributed by atoms with Gasteiger partial charge >= 0.3 is 0 Å². The molecule has 0 aliphatic carbocycles. The molecule has 0 unspecified atom stereocenters. The highest BCUT2D eigenvalue weighted by Gasteiger charge is 1.79. The summed E-state index contributed by atoms with van der Waals surface area (Å²) in [6.07, 6.45) is 0. The first-order valence-corrected chi connectivity index (χ1v) is 3.06. The topological polar surface area (TPSA) is 64.1 Å². The van der Waals surface area contributed by atoms with Crippen LogP contribution < -0.4 is 16.5 Å². The van der Waals surface area contributed by atoms with Gasteiger partial charge in [-0.2, -0.15) is 0 Å². The second-order valence-electron chi connectivity index (χ2n) is 1.46. The first kappa shape index (κ1) is 9.23. The molecule has 10 heavy (non-hydrogen) atoms. The maximum atomic E-state index is 5.28. The van der Waals surface area contributed by atoms with Crippen LogP contribution in [-0.2, 0) is 0 Å². The maximum Gasteiger partial charge on any atom is 0.0491 e. The van der Waals surface area contributed by atoms with Crippen LogP contribution in [0.1, 0.15) is 0 Å². The smallest absolute Gasteiger partial charge is 0.0491 e. The van der Waals surface area contributed by atoms with Crippen molar-refractivity contribution in [2.45, 2.75) is 0 Å². The monoisotopic (exact) mass is 159 g/mol. The molecule has 56 valence electrons. The van der Waals surface area contributed by atoms with Crippen LogP contribution in [0.2, 0.25) is 0 Å². The SMILES string of the molecule is ClNc1ccccc1.NN. The van der Waals surface area contributed by atoms with E-state index < -0.39 is 0 Å². The van der Waals surface area contributed by atoms with E-state index in [0.717, 1.165) is 5.69 Å². The highest BCUT2D eigenvalue weighted by molar-refractivity contribution is 6.23. The summed E-state index contributed by atoms with van der Waals surface area (Å²) in [5.74, 6) is 8.00. The summed E-state index contributed by atoms with van der Waals surface area (Å²) in [5.41, 5.74) is 0.925. The molecular formula is C6H10ClN3. The van der Waals surface area contributed by atoms with Gasteiger partial charge in [-0.3, -0.25) is 16.5 Å². The number of anilines is 1. The Morgan fingerprint density at radius 3 is 1.90 bits per heavy atom. The lowest BCUT2D eigenvalue weighted by Crippen LogP contribution is -2.02. The fourth-order valence-electron chi connectivity index (χ4n) is 0.501. The van der Waals surface area contributed by atoms with Gasteiger partial charge in [0.05, 0.1) is 0 Å². The lowest BCUT2D eigenvalue weighted by Gasteiger charge is -1.91. The molecule has 1 aromatic rings. The summed E-state index contributed by atoms with van der Waals surface area (Å²) in [4.78, 5) is 2.50. The fraction of sp³-hybridized carbons (Fsp3) is 0. The van der Waals surface area contributed by atoms with Crippen molar-refractivity contribution in [1.29, 1.82) is 0 Å². The molecule has 3 nitrogen and oxygen atoms in total. The Hall–Kier alpha value is -0.770. The van der Waals surface area contributed by atoms with Crippen LogP contribution >= 0.6 is 11.8 Å². The minimum Gasteiger partial charge on any atom is -0.299 e. The molecule has 0 aliphatic rings. The lowest BCUT2D eigenvalue weighted by molar-refractivity contribution is 1.26. The standard InChI is InChI=1S/C6H6ClN.H4N2/c7-8-6-4-2-1-3-5-6;1-2/h1-5,8H;1-2H2. The van der Waals surface area contributed by atoms with Crippen molar-refractivity contribution in [3.63, 3.8) is 0 Å². The van der Waals surface area contributed by atoms with Crippen LogP contribution in [0.5, 0.6) is 0 Å². The van der Waals surface area contributed by atoms with E-state index in [2.05, 4.69) is 16.5 Å². The fourth-order valence-corrected chi connectivity index (χ4v) is 0.627. The van der Waals surface area contributed by atoms with Crippen molar-refractivity contribution < 1.29 is 0 Å². The number of hydrazine groups is 1. The number of hydrogen-bond donors (Lipinski definition) is 3. The van der Waals surface area contributed by atoms with Gasteiger partial charge < -0.3 is 0 Å². The molecule has 5 N–H and O–H groups in total. The molecular weight excluding hydrogens is 150 g/mol. The molecule has 0 fully saturated rings. The Kier molecular flexibility index (Phi) is 5.86. The number of para-hydroxylation sites is 1. The number of rotatable bonds is 1. The Morgan fingerprint density at radius 2 is 1.60 bits per heavy atom. The van der Waals surface area contributed by atoms with Crippen LogP contribution in [-0.4, -0.2) is 0 Å². The molecule has 1 aromatic carbocycles. The van der Waals surface area contributed by atoms with E-state index in [0.29, 0.717) is 0 Å². The molecule has 1 rings (SSSR count). The van der Waals surface area contributed by atoms with Gasteiger partial charge in [0, 0.05) is 17.5 Å². The minimum absolute atomic E-state index is 0.925. The summed E-state index contributed by atoms with van der Waals surface area (Å²) in [6.45, 7) is 0. The average molecular weight is 160 g/mol. The highest BCUT2D eigenvalue weighted by atomic mass is 35.5. The number of hydrogen-bond acceptors (Lipinski definition) is 3. The molecule has 4 heteroatoms. The minimum atomic E-state index is 0.925. The molecule has 0 amide bonds. The second-order valence-corrected chi connectivity index (χ2v) is 1.65. The second kappa shape index (κ2) is 6.35. The van der Waals surface area contributed by atoms with Crippen LogP contribution in [0.25, 0.3) is 0 Å². The summed E-state index contributed by atoms with van der Waals surface area (Å²) >= 11 is 5.28. The quantitative estimate of drug-likeness (QED) is 0.326. The summed E-state index contributed by atoms with van der Waals surface area (Å²) < 4.78 is 0. The van der Waals surface area contributed by atoms with Crippen molar-refractivity contribution in [2.75, 3.05) is 4.84 Å². The summed E-state index contributed by atoms with van der Waals surface area (Å²) in [5, 5.41) is 0. The van der Waals surface area contributed by atoms with Gasteiger partial charge in [-0.25, -0.2) is 0 Å². The molecule has 0 atom stereocenters. The largest absolute Gasteiger partial charge is 0.299 e. The zero-order chi connectivity index (χ0) is 7.82. The van der Waals surface area contributed by atoms with Gasteiger partial charge in [0.15, 0.2) is 0 Å². The number of halogens is 1. The normalized spacial score (nSPS) is 7.50. The van der Waals surface area contributed by atoms with Crippen LogP contribution in [0.3, 0.4) is 0 Å². The predicted octanol–water partition coefficient (Wildman–Crippen LogP) is 1.07. The Morgan fingerprint density at radius 1 is 1.10 bits per heavy atom. The Labute approximate surface area is 65.1 Å². The first-order chi connectivity index (χ1) is 4.93. The average Bonchev–Trinajstić information content (AvgIpc) is 2.10. The maximum absolute atomic E-state index is 5.28. The molecule has 0 saturated carbocycles. The van der Waals surface area contributed by atoms with E-state index in [1.807, 2.05) is 30.3 Å². The molecule has 0 radical (unpaired) electrons. The molecule has 0 bridgehead atoms. The third-order valence-electron chi connectivity index (χ3n) is 0.883. The first-order valence-electron chi connectivity index (χ1n) is 2.68. The van der Waals surface area contributed by atoms with Gasteiger partial charge in [-0.1, -0.05) is 18.2 Å². The van der Waals surface area contributed by atoms with Crippen molar-refractivity contribution in [2.24, 2.45) is 11.7 Å². The van der Waals surface area contributed by atoms with E-state index >= 15 is 0 Å². The van der Waals surface area contributed by atoms with Gasteiger partial charge in [-0.15, -0.1) is 0 Å². The van der Waals surface area contributed by atoms with Crippen LogP contribution in [0.15, 0.2) is 30.3 Å². The van der Waals surface area contributed by atoms with E-state index in [4.69, 9.17) is 11.8 Å². The lowest BCUT2D eigenvalue weighted by atomic mass is 10.3. The Balaban J connectivity index is 0.000000371. The molecule has 0 heterocycles. The van der Waals surface area contributed by atoms with Crippen molar-refractivity contribution in [3.05, 3.63) is 30.3 Å². The zero-order valence-electron chi connectivity index (χ0n) is 5.42. The van der Waals surface area contributed by atoms with E-state index in [-0.39, 0.29) is 0 Å². The molecule has 0 aromatic heterocycles. The summed E-state index contributed by atoms with van der Waals surface area (Å²) in [7, 11) is 0. The van der Waals surface area contributed by atoms with Gasteiger partial charge in [-0.05, 0) is 12.1 Å². The van der Waals surface area contributed by atoms with Gasteiger partial charge in [0.2, 0.25) is 0 Å². The van der Waals surface area contributed by atoms with Crippen LogP contribution in [0.4, 0.5) is 5.69 Å². The number of nitrogens with two attached hydrogens (primary N) is 2. The van der Waals surface area contributed by atoms with Crippen molar-refractivity contribution >= 4 is 17.5 Å². The van der Waals surface area contributed by atoms with Crippen LogP contribution in [0, 0.1) is 0 Å². The molecule has 0 saturated heterocycles. The third-order valence-corrected chi connectivity index (χ3v) is 1.10. The predicted molar refractivity (Wildman–Crippen MR) is 44.3 cm³/mol. The summed E-state index contributed by atoms with van der Waals surface area (Å²) in [6, 6.07) is 9.58. The van der Waals surface area contributed by atoms with Gasteiger partial charge in [0.1, 0.15) is 0 Å². The zero-order valence-corrected chi connectivity index (χ0v) is 6.18. The molecule has 0 aliphatic heterocycles. The van der Waals surface area contributed by atoms with Crippen molar-refractivity contribution in [1.82, 2.24) is 0 Å². The third kappa shape index (κ3) is 3.29. The van der Waals surface area contributed by atoms with E-state index in [9.17, 15) is 0 Å². The Bertz CT molecular complexity index is 154. The van der Waals surface area contributed by atoms with Gasteiger partial charge in [0.25, 0.3) is 0 Å².